The van der Waals surface area contributed by atoms with Gasteiger partial charge in [-0.1, -0.05) is 37.3 Å². The van der Waals surface area contributed by atoms with Crippen molar-refractivity contribution in [2.24, 2.45) is 10.9 Å². The lowest BCUT2D eigenvalue weighted by molar-refractivity contribution is 0.185. The molecule has 4 rings (SSSR count). The zero-order valence-electron chi connectivity index (χ0n) is 18.6. The summed E-state index contributed by atoms with van der Waals surface area (Å²) in [7, 11) is 0. The molecule has 1 aromatic carbocycles. The molecule has 0 aliphatic carbocycles. The molecular weight excluding hydrogens is 386 g/mol. The number of pyridine rings is 1. The number of aromatic nitrogens is 3. The lowest BCUT2D eigenvalue weighted by Crippen LogP contribution is -2.37. The highest BCUT2D eigenvalue weighted by molar-refractivity contribution is 5.79. The molecule has 7 nitrogen and oxygen atoms in total. The minimum atomic E-state index is 0.560. The minimum Gasteiger partial charge on any atom is -0.357 e. The van der Waals surface area contributed by atoms with Crippen molar-refractivity contribution in [3.63, 3.8) is 0 Å². The van der Waals surface area contributed by atoms with Crippen LogP contribution in [0.2, 0.25) is 0 Å². The molecule has 3 aromatic rings. The molecule has 3 heterocycles. The average Bonchev–Trinajstić information content (AvgIpc) is 3.21. The first-order valence-corrected chi connectivity index (χ1v) is 11.3. The summed E-state index contributed by atoms with van der Waals surface area (Å²) in [5, 5.41) is 15.2. The van der Waals surface area contributed by atoms with Gasteiger partial charge in [0.15, 0.2) is 17.4 Å². The maximum atomic E-state index is 4.85. The van der Waals surface area contributed by atoms with Crippen LogP contribution in [0.25, 0.3) is 5.65 Å². The van der Waals surface area contributed by atoms with Crippen LogP contribution in [0, 0.1) is 5.92 Å². The zero-order valence-corrected chi connectivity index (χ0v) is 18.6. The summed E-state index contributed by atoms with van der Waals surface area (Å²) < 4.78 is 1.99. The highest BCUT2D eigenvalue weighted by Crippen LogP contribution is 2.20. The molecule has 1 fully saturated rings. The second kappa shape index (κ2) is 10.4. The molecule has 31 heavy (non-hydrogen) atoms. The van der Waals surface area contributed by atoms with Crippen LogP contribution in [0.4, 0.5) is 0 Å². The molecular formula is C24H33N7. The predicted molar refractivity (Wildman–Crippen MR) is 125 cm³/mol. The molecule has 1 saturated heterocycles. The van der Waals surface area contributed by atoms with Crippen LogP contribution in [0.5, 0.6) is 0 Å². The standard InChI is InChI=1S/C24H33N7/c1-3-25-24(27-17-23-29-28-22-10-6-7-13-31(22)23)26-16-20-8-4-5-9-21(20)18-30-14-11-19(2)12-15-30/h4-10,13,19H,3,11-12,14-18H2,1-2H3,(H2,25,26,27). The van der Waals surface area contributed by atoms with Crippen molar-refractivity contribution in [3.8, 4) is 0 Å². The lowest BCUT2D eigenvalue weighted by Gasteiger charge is -2.30. The third-order valence-corrected chi connectivity index (χ3v) is 5.94. The fraction of sp³-hybridized carbons (Fsp3) is 0.458. The van der Waals surface area contributed by atoms with E-state index < -0.39 is 0 Å². The number of guanidine groups is 1. The molecule has 1 aliphatic rings. The van der Waals surface area contributed by atoms with Crippen molar-refractivity contribution in [3.05, 3.63) is 65.6 Å². The minimum absolute atomic E-state index is 0.560. The van der Waals surface area contributed by atoms with E-state index in [4.69, 9.17) is 4.99 Å². The maximum Gasteiger partial charge on any atom is 0.191 e. The second-order valence-corrected chi connectivity index (χ2v) is 8.32. The Morgan fingerprint density at radius 2 is 1.81 bits per heavy atom. The van der Waals surface area contributed by atoms with Gasteiger partial charge < -0.3 is 10.6 Å². The summed E-state index contributed by atoms with van der Waals surface area (Å²) in [4.78, 5) is 7.42. The van der Waals surface area contributed by atoms with E-state index in [0.717, 1.165) is 36.4 Å². The summed E-state index contributed by atoms with van der Waals surface area (Å²) in [6.45, 7) is 9.84. The Balaban J connectivity index is 1.41. The monoisotopic (exact) mass is 419 g/mol. The molecule has 0 atom stereocenters. The van der Waals surface area contributed by atoms with Gasteiger partial charge in [0.1, 0.15) is 0 Å². The summed E-state index contributed by atoms with van der Waals surface area (Å²) in [5.74, 6) is 2.50. The zero-order chi connectivity index (χ0) is 21.5. The summed E-state index contributed by atoms with van der Waals surface area (Å²) in [5.41, 5.74) is 3.51. The van der Waals surface area contributed by atoms with E-state index in [1.165, 1.54) is 37.1 Å². The molecule has 0 radical (unpaired) electrons. The first kappa shape index (κ1) is 21.3. The third-order valence-electron chi connectivity index (χ3n) is 5.94. The number of hydrogen-bond donors (Lipinski definition) is 2. The van der Waals surface area contributed by atoms with Gasteiger partial charge in [0.25, 0.3) is 0 Å². The van der Waals surface area contributed by atoms with Gasteiger partial charge in [-0.05, 0) is 62.0 Å². The molecule has 0 amide bonds. The quantitative estimate of drug-likeness (QED) is 0.455. The van der Waals surface area contributed by atoms with E-state index in [0.29, 0.717) is 13.1 Å². The largest absolute Gasteiger partial charge is 0.357 e. The Kier molecular flexibility index (Phi) is 7.14. The van der Waals surface area contributed by atoms with Crippen LogP contribution in [0.3, 0.4) is 0 Å². The first-order chi connectivity index (χ1) is 15.2. The Hall–Kier alpha value is -2.93. The van der Waals surface area contributed by atoms with Gasteiger partial charge >= 0.3 is 0 Å². The van der Waals surface area contributed by atoms with Crippen LogP contribution in [0.1, 0.15) is 43.6 Å². The number of benzene rings is 1. The molecule has 2 aromatic heterocycles. The van der Waals surface area contributed by atoms with E-state index in [1.807, 2.05) is 28.8 Å². The Bertz CT molecular complexity index is 1000. The number of aliphatic imine (C=N–C) groups is 1. The smallest absolute Gasteiger partial charge is 0.191 e. The number of hydrogen-bond acceptors (Lipinski definition) is 4. The highest BCUT2D eigenvalue weighted by atomic mass is 15.3. The summed E-state index contributed by atoms with van der Waals surface area (Å²) in [6, 6.07) is 14.6. The van der Waals surface area contributed by atoms with Crippen LogP contribution in [-0.4, -0.2) is 45.1 Å². The van der Waals surface area contributed by atoms with E-state index in [2.05, 4.69) is 63.8 Å². The number of nitrogens with one attached hydrogen (secondary N) is 2. The molecule has 7 heteroatoms. The van der Waals surface area contributed by atoms with Gasteiger partial charge in [0.05, 0.1) is 13.1 Å². The number of piperidine rings is 1. The molecule has 0 unspecified atom stereocenters. The molecule has 164 valence electrons. The molecule has 0 spiro atoms. The van der Waals surface area contributed by atoms with Crippen molar-refractivity contribution in [1.82, 2.24) is 30.1 Å². The predicted octanol–water partition coefficient (Wildman–Crippen LogP) is 3.22. The van der Waals surface area contributed by atoms with Crippen molar-refractivity contribution in [2.75, 3.05) is 19.6 Å². The van der Waals surface area contributed by atoms with Crippen molar-refractivity contribution < 1.29 is 0 Å². The van der Waals surface area contributed by atoms with Crippen LogP contribution in [0.15, 0.2) is 53.7 Å². The van der Waals surface area contributed by atoms with Gasteiger partial charge in [-0.15, -0.1) is 10.2 Å². The lowest BCUT2D eigenvalue weighted by atomic mass is 9.98. The van der Waals surface area contributed by atoms with E-state index in [9.17, 15) is 0 Å². The van der Waals surface area contributed by atoms with Gasteiger partial charge in [-0.3, -0.25) is 9.30 Å². The normalized spacial score (nSPS) is 16.0. The van der Waals surface area contributed by atoms with Crippen molar-refractivity contribution in [2.45, 2.75) is 46.3 Å². The molecule has 0 saturated carbocycles. The second-order valence-electron chi connectivity index (χ2n) is 8.32. The van der Waals surface area contributed by atoms with E-state index in [1.54, 1.807) is 0 Å². The fourth-order valence-electron chi connectivity index (χ4n) is 4.01. The SMILES string of the molecule is CCNC(=NCc1ccccc1CN1CCC(C)CC1)NCc1nnc2ccccn12. The maximum absolute atomic E-state index is 4.85. The van der Waals surface area contributed by atoms with Crippen molar-refractivity contribution >= 4 is 11.6 Å². The Labute approximate surface area is 184 Å². The fourth-order valence-corrected chi connectivity index (χ4v) is 4.01. The molecule has 2 N–H and O–H groups in total. The van der Waals surface area contributed by atoms with Crippen molar-refractivity contribution in [1.29, 1.82) is 0 Å². The van der Waals surface area contributed by atoms with E-state index in [-0.39, 0.29) is 0 Å². The first-order valence-electron chi connectivity index (χ1n) is 11.3. The van der Waals surface area contributed by atoms with Crippen LogP contribution >= 0.6 is 0 Å². The number of fused-ring (bicyclic) bond motifs is 1. The number of likely N-dealkylation sites (tertiary alicyclic amines) is 1. The summed E-state index contributed by atoms with van der Waals surface area (Å²) in [6.07, 6.45) is 4.58. The van der Waals surface area contributed by atoms with Gasteiger partial charge in [-0.2, -0.15) is 0 Å². The topological polar surface area (TPSA) is 69.8 Å². The Morgan fingerprint density at radius 3 is 2.61 bits per heavy atom. The highest BCUT2D eigenvalue weighted by Gasteiger charge is 2.16. The van der Waals surface area contributed by atoms with Gasteiger partial charge in [0, 0.05) is 19.3 Å². The van der Waals surface area contributed by atoms with E-state index >= 15 is 0 Å². The Morgan fingerprint density at radius 1 is 1.03 bits per heavy atom. The molecule has 0 bridgehead atoms. The van der Waals surface area contributed by atoms with Gasteiger partial charge in [0.2, 0.25) is 0 Å². The number of rotatable bonds is 7. The average molecular weight is 420 g/mol. The van der Waals surface area contributed by atoms with Gasteiger partial charge in [-0.25, -0.2) is 4.99 Å². The third kappa shape index (κ3) is 5.61. The summed E-state index contributed by atoms with van der Waals surface area (Å²) >= 11 is 0. The molecule has 1 aliphatic heterocycles. The number of nitrogens with zero attached hydrogens (tertiary/aromatic N) is 5. The van der Waals surface area contributed by atoms with Crippen LogP contribution in [-0.2, 0) is 19.6 Å². The van der Waals surface area contributed by atoms with Crippen LogP contribution < -0.4 is 10.6 Å².